The monoisotopic (exact) mass is 380 g/mol. The summed E-state index contributed by atoms with van der Waals surface area (Å²) in [5, 5.41) is 6.25. The van der Waals surface area contributed by atoms with Crippen molar-refractivity contribution in [2.24, 2.45) is 0 Å². The van der Waals surface area contributed by atoms with Crippen LogP contribution in [0.5, 0.6) is 0 Å². The zero-order valence-corrected chi connectivity index (χ0v) is 16.5. The number of alkyl carbamates (subject to hydrolysis) is 1. The van der Waals surface area contributed by atoms with E-state index < -0.39 is 6.09 Å². The highest BCUT2D eigenvalue weighted by Gasteiger charge is 2.34. The van der Waals surface area contributed by atoms with Crippen LogP contribution < -0.4 is 10.6 Å². The van der Waals surface area contributed by atoms with E-state index in [0.717, 1.165) is 0 Å². The SMILES string of the molecule is CC(C)(C)NC(=O)OC1CN(C(=O)Nc2ncc(C3CCCCC3)s2)C1. The third-order valence-electron chi connectivity index (χ3n) is 4.63. The number of amides is 3. The fraction of sp³-hybridized carbons (Fsp3) is 0.722. The van der Waals surface area contributed by atoms with Crippen LogP contribution >= 0.6 is 11.3 Å². The first-order valence-corrected chi connectivity index (χ1v) is 10.1. The van der Waals surface area contributed by atoms with Crippen LogP contribution in [-0.4, -0.2) is 46.7 Å². The van der Waals surface area contributed by atoms with Crippen molar-refractivity contribution in [2.45, 2.75) is 70.4 Å². The molecule has 26 heavy (non-hydrogen) atoms. The van der Waals surface area contributed by atoms with Crippen LogP contribution in [0.1, 0.15) is 63.7 Å². The maximum absolute atomic E-state index is 12.3. The Labute approximate surface area is 158 Å². The highest BCUT2D eigenvalue weighted by atomic mass is 32.1. The Morgan fingerprint density at radius 3 is 2.58 bits per heavy atom. The number of rotatable bonds is 3. The maximum atomic E-state index is 12.3. The molecule has 0 aromatic carbocycles. The lowest BCUT2D eigenvalue weighted by atomic mass is 9.89. The Bertz CT molecular complexity index is 643. The Hall–Kier alpha value is -1.83. The number of nitrogens with zero attached hydrogens (tertiary/aromatic N) is 2. The van der Waals surface area contributed by atoms with Gasteiger partial charge >= 0.3 is 12.1 Å². The van der Waals surface area contributed by atoms with Gasteiger partial charge in [0.25, 0.3) is 0 Å². The van der Waals surface area contributed by atoms with E-state index in [1.54, 1.807) is 16.2 Å². The van der Waals surface area contributed by atoms with Crippen molar-refractivity contribution < 1.29 is 14.3 Å². The van der Waals surface area contributed by atoms with Gasteiger partial charge in [-0.3, -0.25) is 5.32 Å². The van der Waals surface area contributed by atoms with E-state index in [0.29, 0.717) is 24.1 Å². The molecule has 7 nitrogen and oxygen atoms in total. The van der Waals surface area contributed by atoms with Gasteiger partial charge in [0.1, 0.15) is 6.10 Å². The first kappa shape index (κ1) is 18.9. The third-order valence-corrected chi connectivity index (χ3v) is 5.71. The molecule has 0 bridgehead atoms. The number of ether oxygens (including phenoxy) is 1. The van der Waals surface area contributed by atoms with Crippen LogP contribution in [-0.2, 0) is 4.74 Å². The molecule has 144 valence electrons. The van der Waals surface area contributed by atoms with Crippen molar-refractivity contribution in [3.8, 4) is 0 Å². The summed E-state index contributed by atoms with van der Waals surface area (Å²) in [6.07, 6.45) is 7.52. The van der Waals surface area contributed by atoms with Gasteiger partial charge in [0.05, 0.1) is 13.1 Å². The lowest BCUT2D eigenvalue weighted by molar-refractivity contribution is 0.00772. The molecule has 3 amide bonds. The van der Waals surface area contributed by atoms with E-state index in [1.807, 2.05) is 27.0 Å². The van der Waals surface area contributed by atoms with Gasteiger partial charge in [-0.1, -0.05) is 19.3 Å². The standard InChI is InChI=1S/C18H28N4O3S/c1-18(2,3)21-17(24)25-13-10-22(11-13)16(23)20-15-19-9-14(26-15)12-7-5-4-6-8-12/h9,12-13H,4-8,10-11H2,1-3H3,(H,21,24)(H,19,20,23). The number of carbonyl (C=O) groups is 2. The summed E-state index contributed by atoms with van der Waals surface area (Å²) < 4.78 is 5.29. The molecule has 1 aromatic heterocycles. The summed E-state index contributed by atoms with van der Waals surface area (Å²) in [5.41, 5.74) is -0.335. The average Bonchev–Trinajstić information content (AvgIpc) is 2.98. The number of nitrogens with one attached hydrogen (secondary N) is 2. The predicted octanol–water partition coefficient (Wildman–Crippen LogP) is 3.93. The number of urea groups is 1. The second-order valence-corrected chi connectivity index (χ2v) is 9.20. The summed E-state index contributed by atoms with van der Waals surface area (Å²) in [4.78, 5) is 31.2. The van der Waals surface area contributed by atoms with Crippen LogP contribution in [0.2, 0.25) is 0 Å². The minimum Gasteiger partial charge on any atom is -0.442 e. The molecule has 1 aliphatic carbocycles. The van der Waals surface area contributed by atoms with Gasteiger partial charge in [0, 0.05) is 16.6 Å². The quantitative estimate of drug-likeness (QED) is 0.832. The lowest BCUT2D eigenvalue weighted by Crippen LogP contribution is -2.57. The largest absolute Gasteiger partial charge is 0.442 e. The van der Waals surface area contributed by atoms with Gasteiger partial charge in [0.15, 0.2) is 5.13 Å². The molecule has 0 atom stereocenters. The molecule has 3 rings (SSSR count). The molecule has 0 spiro atoms. The second kappa shape index (κ2) is 7.82. The van der Waals surface area contributed by atoms with Crippen molar-refractivity contribution >= 4 is 28.6 Å². The van der Waals surface area contributed by atoms with Crippen LogP contribution in [0.15, 0.2) is 6.20 Å². The average molecular weight is 381 g/mol. The van der Waals surface area contributed by atoms with Gasteiger partial charge < -0.3 is 15.0 Å². The number of hydrogen-bond acceptors (Lipinski definition) is 5. The van der Waals surface area contributed by atoms with Gasteiger partial charge in [0.2, 0.25) is 0 Å². The molecule has 1 saturated heterocycles. The summed E-state index contributed by atoms with van der Waals surface area (Å²) in [5.74, 6) is 0.593. The number of anilines is 1. The lowest BCUT2D eigenvalue weighted by Gasteiger charge is -2.38. The Morgan fingerprint density at radius 2 is 1.92 bits per heavy atom. The van der Waals surface area contributed by atoms with Gasteiger partial charge in [-0.25, -0.2) is 14.6 Å². The van der Waals surface area contributed by atoms with Gasteiger partial charge in [-0.15, -0.1) is 11.3 Å². The number of carbonyl (C=O) groups excluding carboxylic acids is 2. The number of hydrogen-bond donors (Lipinski definition) is 2. The number of aromatic nitrogens is 1. The topological polar surface area (TPSA) is 83.6 Å². The minimum atomic E-state index is -0.445. The molecule has 2 N–H and O–H groups in total. The van der Waals surface area contributed by atoms with E-state index in [4.69, 9.17) is 4.74 Å². The van der Waals surface area contributed by atoms with Crippen LogP contribution in [0.3, 0.4) is 0 Å². The van der Waals surface area contributed by atoms with E-state index in [-0.39, 0.29) is 17.7 Å². The molecule has 1 saturated carbocycles. The molecular weight excluding hydrogens is 352 g/mol. The first-order chi connectivity index (χ1) is 12.3. The normalized spacial score (nSPS) is 19.0. The highest BCUT2D eigenvalue weighted by Crippen LogP contribution is 2.36. The fourth-order valence-electron chi connectivity index (χ4n) is 3.26. The fourth-order valence-corrected chi connectivity index (χ4v) is 4.23. The van der Waals surface area contributed by atoms with Crippen LogP contribution in [0, 0.1) is 0 Å². The summed E-state index contributed by atoms with van der Waals surface area (Å²) in [7, 11) is 0. The summed E-state index contributed by atoms with van der Waals surface area (Å²) in [6.45, 7) is 6.49. The molecule has 0 radical (unpaired) electrons. The highest BCUT2D eigenvalue weighted by molar-refractivity contribution is 7.15. The van der Waals surface area contributed by atoms with Crippen LogP contribution in [0.25, 0.3) is 0 Å². The predicted molar refractivity (Wildman–Crippen MR) is 102 cm³/mol. The molecule has 8 heteroatoms. The maximum Gasteiger partial charge on any atom is 0.407 e. The molecule has 1 aliphatic heterocycles. The van der Waals surface area contributed by atoms with Gasteiger partial charge in [-0.05, 0) is 39.5 Å². The van der Waals surface area contributed by atoms with Crippen molar-refractivity contribution in [2.75, 3.05) is 18.4 Å². The van der Waals surface area contributed by atoms with Crippen molar-refractivity contribution in [3.05, 3.63) is 11.1 Å². The van der Waals surface area contributed by atoms with Crippen molar-refractivity contribution in [1.29, 1.82) is 0 Å². The van der Waals surface area contributed by atoms with Gasteiger partial charge in [-0.2, -0.15) is 0 Å². The van der Waals surface area contributed by atoms with E-state index in [2.05, 4.69) is 15.6 Å². The van der Waals surface area contributed by atoms with Crippen LogP contribution in [0.4, 0.5) is 14.7 Å². The number of thiazole rings is 1. The van der Waals surface area contributed by atoms with E-state index >= 15 is 0 Å². The molecule has 1 aromatic rings. The minimum absolute atomic E-state index is 0.189. The molecule has 0 unspecified atom stereocenters. The zero-order chi connectivity index (χ0) is 18.7. The summed E-state index contributed by atoms with van der Waals surface area (Å²) in [6, 6.07) is -0.189. The molecule has 2 aliphatic rings. The smallest absolute Gasteiger partial charge is 0.407 e. The zero-order valence-electron chi connectivity index (χ0n) is 15.7. The van der Waals surface area contributed by atoms with E-state index in [9.17, 15) is 9.59 Å². The molecular formula is C18H28N4O3S. The van der Waals surface area contributed by atoms with Crippen molar-refractivity contribution in [3.63, 3.8) is 0 Å². The molecule has 2 heterocycles. The van der Waals surface area contributed by atoms with E-state index in [1.165, 1.54) is 37.0 Å². The second-order valence-electron chi connectivity index (χ2n) is 8.14. The van der Waals surface area contributed by atoms with Crippen molar-refractivity contribution in [1.82, 2.24) is 15.2 Å². The Balaban J connectivity index is 1.41. The third kappa shape index (κ3) is 5.09. The Morgan fingerprint density at radius 1 is 1.23 bits per heavy atom. The molecule has 2 fully saturated rings. The first-order valence-electron chi connectivity index (χ1n) is 9.30. The Kier molecular flexibility index (Phi) is 5.70. The number of likely N-dealkylation sites (tertiary alicyclic amines) is 1. The summed E-state index contributed by atoms with van der Waals surface area (Å²) >= 11 is 1.57.